The maximum absolute atomic E-state index is 11.9. The number of fused-ring (bicyclic) bond motifs is 1. The number of rotatable bonds is 5. The van der Waals surface area contributed by atoms with Gasteiger partial charge < -0.3 is 15.4 Å². The van der Waals surface area contributed by atoms with Crippen molar-refractivity contribution >= 4 is 17.9 Å². The van der Waals surface area contributed by atoms with Crippen LogP contribution in [0.2, 0.25) is 0 Å². The fourth-order valence-corrected chi connectivity index (χ4v) is 3.73. The number of ether oxygens (including phenoxy) is 1. The molecule has 1 aliphatic heterocycles. The van der Waals surface area contributed by atoms with Gasteiger partial charge in [0, 0.05) is 29.3 Å². The van der Waals surface area contributed by atoms with E-state index in [0.717, 1.165) is 5.75 Å². The first-order valence-electron chi connectivity index (χ1n) is 8.21. The molecule has 1 aromatic carbocycles. The number of benzene rings is 1. The molecule has 5 heteroatoms. The van der Waals surface area contributed by atoms with Crippen molar-refractivity contribution in [2.45, 2.75) is 57.2 Å². The van der Waals surface area contributed by atoms with Gasteiger partial charge in [0.1, 0.15) is 5.60 Å². The van der Waals surface area contributed by atoms with Crippen molar-refractivity contribution in [3.8, 4) is 0 Å². The van der Waals surface area contributed by atoms with E-state index < -0.39 is 5.60 Å². The summed E-state index contributed by atoms with van der Waals surface area (Å²) in [6, 6.07) is 9.07. The number of carbonyl (C=O) groups is 1. The summed E-state index contributed by atoms with van der Waals surface area (Å²) < 4.78 is 5.31. The molecule has 4 nitrogen and oxygen atoms in total. The zero-order chi connectivity index (χ0) is 17.0. The van der Waals surface area contributed by atoms with Gasteiger partial charge in [0.25, 0.3) is 0 Å². The lowest BCUT2D eigenvalue weighted by atomic mass is 10.0. The summed E-state index contributed by atoms with van der Waals surface area (Å²) in [5, 5.41) is 6.59. The molecule has 1 amide bonds. The van der Waals surface area contributed by atoms with E-state index in [2.05, 4.69) is 48.7 Å². The standard InChI is InChI=1S/C18H28N2O2S/c1-12(2)14(10-19-17(21)22-18(3,4)5)20-15-11-23-16-9-7-6-8-13(15)16/h6-9,12,14-15,20H,10-11H2,1-5H3,(H,19,21). The van der Waals surface area contributed by atoms with Crippen LogP contribution >= 0.6 is 11.8 Å². The predicted molar refractivity (Wildman–Crippen MR) is 95.9 cm³/mol. The predicted octanol–water partition coefficient (Wildman–Crippen LogP) is 3.97. The highest BCUT2D eigenvalue weighted by atomic mass is 32.2. The Balaban J connectivity index is 1.91. The highest BCUT2D eigenvalue weighted by Crippen LogP contribution is 2.38. The van der Waals surface area contributed by atoms with Crippen molar-refractivity contribution in [1.82, 2.24) is 10.6 Å². The summed E-state index contributed by atoms with van der Waals surface area (Å²) in [5.74, 6) is 1.46. The van der Waals surface area contributed by atoms with Crippen LogP contribution in [0.3, 0.4) is 0 Å². The first-order chi connectivity index (χ1) is 10.8. The van der Waals surface area contributed by atoms with Crippen LogP contribution in [-0.2, 0) is 4.74 Å². The molecule has 0 spiro atoms. The molecule has 1 heterocycles. The van der Waals surface area contributed by atoms with Gasteiger partial charge in [0.15, 0.2) is 0 Å². The lowest BCUT2D eigenvalue weighted by Gasteiger charge is -2.27. The van der Waals surface area contributed by atoms with Crippen LogP contribution < -0.4 is 10.6 Å². The topological polar surface area (TPSA) is 50.4 Å². The van der Waals surface area contributed by atoms with Crippen LogP contribution in [0.5, 0.6) is 0 Å². The molecule has 1 aromatic rings. The van der Waals surface area contributed by atoms with Gasteiger partial charge >= 0.3 is 6.09 Å². The van der Waals surface area contributed by atoms with Gasteiger partial charge in [-0.1, -0.05) is 32.0 Å². The van der Waals surface area contributed by atoms with Gasteiger partial charge in [0.05, 0.1) is 0 Å². The zero-order valence-corrected chi connectivity index (χ0v) is 15.5. The zero-order valence-electron chi connectivity index (χ0n) is 14.7. The maximum atomic E-state index is 11.9. The Morgan fingerprint density at radius 2 is 2.04 bits per heavy atom. The molecule has 0 aliphatic carbocycles. The molecule has 0 bridgehead atoms. The largest absolute Gasteiger partial charge is 0.444 e. The van der Waals surface area contributed by atoms with E-state index in [1.807, 2.05) is 32.5 Å². The average Bonchev–Trinajstić information content (AvgIpc) is 2.84. The summed E-state index contributed by atoms with van der Waals surface area (Å²) in [5.41, 5.74) is 0.895. The summed E-state index contributed by atoms with van der Waals surface area (Å²) >= 11 is 1.89. The smallest absolute Gasteiger partial charge is 0.407 e. The third-order valence-electron chi connectivity index (χ3n) is 3.79. The Kier molecular flexibility index (Phi) is 5.98. The number of alkyl carbamates (subject to hydrolysis) is 1. The third-order valence-corrected chi connectivity index (χ3v) is 4.97. The second-order valence-corrected chi connectivity index (χ2v) is 8.36. The minimum absolute atomic E-state index is 0.208. The molecular weight excluding hydrogens is 308 g/mol. The van der Waals surface area contributed by atoms with Crippen molar-refractivity contribution in [2.24, 2.45) is 5.92 Å². The molecule has 2 rings (SSSR count). The molecule has 2 unspecified atom stereocenters. The molecule has 0 saturated heterocycles. The molecule has 2 atom stereocenters. The number of hydrogen-bond donors (Lipinski definition) is 2. The molecule has 0 aromatic heterocycles. The first-order valence-corrected chi connectivity index (χ1v) is 9.19. The highest BCUT2D eigenvalue weighted by molar-refractivity contribution is 7.99. The van der Waals surface area contributed by atoms with E-state index in [1.165, 1.54) is 10.5 Å². The molecule has 2 N–H and O–H groups in total. The van der Waals surface area contributed by atoms with E-state index in [-0.39, 0.29) is 12.1 Å². The third kappa shape index (κ3) is 5.43. The van der Waals surface area contributed by atoms with E-state index in [1.54, 1.807) is 0 Å². The van der Waals surface area contributed by atoms with Crippen LogP contribution in [0.4, 0.5) is 4.79 Å². The van der Waals surface area contributed by atoms with Crippen LogP contribution in [0.1, 0.15) is 46.2 Å². The lowest BCUT2D eigenvalue weighted by Crippen LogP contribution is -2.46. The Hall–Kier alpha value is -1.20. The van der Waals surface area contributed by atoms with Crippen molar-refractivity contribution in [1.29, 1.82) is 0 Å². The second-order valence-electron chi connectivity index (χ2n) is 7.30. The van der Waals surface area contributed by atoms with Gasteiger partial charge in [-0.3, -0.25) is 0 Å². The minimum Gasteiger partial charge on any atom is -0.444 e. The number of amides is 1. The van der Waals surface area contributed by atoms with Gasteiger partial charge in [-0.05, 0) is 38.3 Å². The fraction of sp³-hybridized carbons (Fsp3) is 0.611. The second kappa shape index (κ2) is 7.58. The molecular formula is C18H28N2O2S. The van der Waals surface area contributed by atoms with Crippen LogP contribution in [-0.4, -0.2) is 30.0 Å². The molecule has 23 heavy (non-hydrogen) atoms. The molecule has 1 aliphatic rings. The number of nitrogens with one attached hydrogen (secondary N) is 2. The Bertz CT molecular complexity index is 540. The van der Waals surface area contributed by atoms with E-state index in [4.69, 9.17) is 4.74 Å². The average molecular weight is 337 g/mol. The van der Waals surface area contributed by atoms with E-state index in [9.17, 15) is 4.79 Å². The number of thioether (sulfide) groups is 1. The Labute approximate surface area is 143 Å². The SMILES string of the molecule is CC(C)C(CNC(=O)OC(C)(C)C)NC1CSc2ccccc21. The summed E-state index contributed by atoms with van der Waals surface area (Å²) in [4.78, 5) is 13.2. The highest BCUT2D eigenvalue weighted by Gasteiger charge is 2.27. The monoisotopic (exact) mass is 336 g/mol. The van der Waals surface area contributed by atoms with Crippen LogP contribution in [0.15, 0.2) is 29.2 Å². The van der Waals surface area contributed by atoms with Crippen molar-refractivity contribution in [3.63, 3.8) is 0 Å². The van der Waals surface area contributed by atoms with Crippen molar-refractivity contribution in [2.75, 3.05) is 12.3 Å². The summed E-state index contributed by atoms with van der Waals surface area (Å²) in [6.45, 7) is 10.5. The Morgan fingerprint density at radius 3 is 2.70 bits per heavy atom. The fourth-order valence-electron chi connectivity index (χ4n) is 2.55. The normalized spacial score (nSPS) is 18.6. The minimum atomic E-state index is -0.466. The molecule has 0 saturated carbocycles. The van der Waals surface area contributed by atoms with Gasteiger partial charge in [-0.2, -0.15) is 0 Å². The van der Waals surface area contributed by atoms with Gasteiger partial charge in [-0.15, -0.1) is 11.8 Å². The summed E-state index contributed by atoms with van der Waals surface area (Å²) in [6.07, 6.45) is -0.355. The molecule has 128 valence electrons. The van der Waals surface area contributed by atoms with Crippen LogP contribution in [0, 0.1) is 5.92 Å². The van der Waals surface area contributed by atoms with Gasteiger partial charge in [0.2, 0.25) is 0 Å². The maximum Gasteiger partial charge on any atom is 0.407 e. The molecule has 0 fully saturated rings. The lowest BCUT2D eigenvalue weighted by molar-refractivity contribution is 0.0518. The van der Waals surface area contributed by atoms with Crippen LogP contribution in [0.25, 0.3) is 0 Å². The first kappa shape index (κ1) is 18.1. The van der Waals surface area contributed by atoms with Crippen molar-refractivity contribution in [3.05, 3.63) is 29.8 Å². The van der Waals surface area contributed by atoms with Crippen molar-refractivity contribution < 1.29 is 9.53 Å². The summed E-state index contributed by atoms with van der Waals surface area (Å²) in [7, 11) is 0. The van der Waals surface area contributed by atoms with E-state index >= 15 is 0 Å². The Morgan fingerprint density at radius 1 is 1.35 bits per heavy atom. The number of hydrogen-bond acceptors (Lipinski definition) is 4. The quantitative estimate of drug-likeness (QED) is 0.854. The van der Waals surface area contributed by atoms with E-state index in [0.29, 0.717) is 18.5 Å². The molecule has 0 radical (unpaired) electrons. The number of carbonyl (C=O) groups excluding carboxylic acids is 1. The van der Waals surface area contributed by atoms with Gasteiger partial charge in [-0.25, -0.2) is 4.79 Å².